The third-order valence-corrected chi connectivity index (χ3v) is 9.56. The van der Waals surface area contributed by atoms with E-state index in [1.165, 1.54) is 7.11 Å². The maximum Gasteiger partial charge on any atom is 0.354 e. The number of hydrogen-bond acceptors (Lipinski definition) is 3. The minimum atomic E-state index is -1.81. The lowest BCUT2D eigenvalue weighted by Crippen LogP contribution is -2.40. The van der Waals surface area contributed by atoms with E-state index >= 15 is 0 Å². The van der Waals surface area contributed by atoms with Crippen LogP contribution >= 0.6 is 0 Å². The number of ether oxygens (including phenoxy) is 1. The van der Waals surface area contributed by atoms with Gasteiger partial charge in [0.2, 0.25) is 0 Å². The van der Waals surface area contributed by atoms with E-state index in [1.807, 2.05) is 29.0 Å². The molecule has 1 aromatic carbocycles. The van der Waals surface area contributed by atoms with Crippen LogP contribution in [0, 0.1) is 0 Å². The molecular weight excluding hydrogens is 330 g/mol. The summed E-state index contributed by atoms with van der Waals surface area (Å²) < 4.78 is 13.1. The van der Waals surface area contributed by atoms with E-state index in [4.69, 9.17) is 9.16 Å². The van der Waals surface area contributed by atoms with Crippen LogP contribution in [0.4, 0.5) is 0 Å². The Morgan fingerprint density at radius 3 is 2.32 bits per heavy atom. The van der Waals surface area contributed by atoms with E-state index in [2.05, 4.69) is 46.0 Å². The third-order valence-electron chi connectivity index (χ3n) is 5.08. The molecule has 0 aliphatic rings. The number of esters is 1. The molecule has 0 saturated heterocycles. The van der Waals surface area contributed by atoms with Crippen LogP contribution in [0.15, 0.2) is 42.6 Å². The predicted molar refractivity (Wildman–Crippen MR) is 103 cm³/mol. The fourth-order valence-electron chi connectivity index (χ4n) is 2.35. The van der Waals surface area contributed by atoms with Gasteiger partial charge in [-0.05, 0) is 41.4 Å². The molecule has 0 fully saturated rings. The summed E-state index contributed by atoms with van der Waals surface area (Å²) in [5.41, 5.74) is 2.88. The zero-order chi connectivity index (χ0) is 18.7. The Labute approximate surface area is 151 Å². The molecule has 4 nitrogen and oxygen atoms in total. The maximum atomic E-state index is 11.9. The van der Waals surface area contributed by atoms with Crippen LogP contribution in [0.2, 0.25) is 18.1 Å². The molecule has 0 atom stereocenters. The van der Waals surface area contributed by atoms with Crippen molar-refractivity contribution in [3.8, 4) is 0 Å². The van der Waals surface area contributed by atoms with Crippen molar-refractivity contribution in [2.45, 2.75) is 52.1 Å². The minimum absolute atomic E-state index is 0.181. The first-order valence-corrected chi connectivity index (χ1v) is 11.5. The molecule has 0 N–H and O–H groups in total. The molecule has 136 valence electrons. The normalized spacial score (nSPS) is 12.2. The SMILES string of the molecule is COC(=O)c1cccn1Cc1ccccc1CO[Si](C)(C)C(C)(C)C. The average Bonchev–Trinajstić information content (AvgIpc) is 3.00. The number of nitrogens with zero attached hydrogens (tertiary/aromatic N) is 1. The summed E-state index contributed by atoms with van der Waals surface area (Å²) in [7, 11) is -0.402. The Kier molecular flexibility index (Phi) is 5.90. The van der Waals surface area contributed by atoms with Crippen molar-refractivity contribution in [1.82, 2.24) is 4.57 Å². The number of benzene rings is 1. The summed E-state index contributed by atoms with van der Waals surface area (Å²) in [6.45, 7) is 12.5. The number of methoxy groups -OCH3 is 1. The highest BCUT2D eigenvalue weighted by molar-refractivity contribution is 6.74. The van der Waals surface area contributed by atoms with Crippen molar-refractivity contribution in [2.75, 3.05) is 7.11 Å². The van der Waals surface area contributed by atoms with Crippen molar-refractivity contribution in [2.24, 2.45) is 0 Å². The molecule has 0 aliphatic heterocycles. The molecule has 0 amide bonds. The van der Waals surface area contributed by atoms with Gasteiger partial charge in [-0.25, -0.2) is 4.79 Å². The van der Waals surface area contributed by atoms with Gasteiger partial charge >= 0.3 is 5.97 Å². The zero-order valence-electron chi connectivity index (χ0n) is 16.1. The average molecular weight is 360 g/mol. The van der Waals surface area contributed by atoms with E-state index in [0.29, 0.717) is 18.8 Å². The number of hydrogen-bond donors (Lipinski definition) is 0. The summed E-state index contributed by atoms with van der Waals surface area (Å²) in [5.74, 6) is -0.319. The first kappa shape index (κ1) is 19.5. The molecule has 0 aliphatic carbocycles. The Bertz CT molecular complexity index is 729. The van der Waals surface area contributed by atoms with Crippen molar-refractivity contribution >= 4 is 14.3 Å². The smallest absolute Gasteiger partial charge is 0.354 e. The summed E-state index contributed by atoms with van der Waals surface area (Å²) in [4.78, 5) is 11.9. The molecule has 0 saturated carbocycles. The lowest BCUT2D eigenvalue weighted by Gasteiger charge is -2.36. The summed E-state index contributed by atoms with van der Waals surface area (Å²) >= 11 is 0. The van der Waals surface area contributed by atoms with Gasteiger partial charge < -0.3 is 13.7 Å². The van der Waals surface area contributed by atoms with E-state index in [9.17, 15) is 4.79 Å². The maximum absolute atomic E-state index is 11.9. The van der Waals surface area contributed by atoms with Gasteiger partial charge in [0.15, 0.2) is 8.32 Å². The van der Waals surface area contributed by atoms with Crippen molar-refractivity contribution in [3.63, 3.8) is 0 Å². The van der Waals surface area contributed by atoms with Gasteiger partial charge in [-0.3, -0.25) is 0 Å². The zero-order valence-corrected chi connectivity index (χ0v) is 17.1. The second kappa shape index (κ2) is 7.58. The van der Waals surface area contributed by atoms with Crippen LogP contribution in [0.5, 0.6) is 0 Å². The Morgan fingerprint density at radius 1 is 1.08 bits per heavy atom. The fraction of sp³-hybridized carbons (Fsp3) is 0.450. The standard InChI is InChI=1S/C20H29NO3Si/c1-20(2,3)25(5,6)24-15-17-11-8-7-10-16(17)14-21-13-9-12-18(21)19(22)23-4/h7-13H,14-15H2,1-6H3. The van der Waals surface area contributed by atoms with Crippen molar-refractivity contribution < 1.29 is 14.0 Å². The van der Waals surface area contributed by atoms with Crippen molar-refractivity contribution in [1.29, 1.82) is 0 Å². The first-order chi connectivity index (χ1) is 11.7. The molecule has 2 aromatic rings. The molecule has 0 bridgehead atoms. The van der Waals surface area contributed by atoms with Gasteiger partial charge in [-0.15, -0.1) is 0 Å². The number of rotatable bonds is 6. The third kappa shape index (κ3) is 4.61. The monoisotopic (exact) mass is 359 g/mol. The second-order valence-electron chi connectivity index (χ2n) is 7.83. The summed E-state index contributed by atoms with van der Waals surface area (Å²) in [5, 5.41) is 0.181. The Morgan fingerprint density at radius 2 is 1.72 bits per heavy atom. The molecular formula is C20H29NO3Si. The van der Waals surface area contributed by atoms with Gasteiger partial charge in [0.25, 0.3) is 0 Å². The van der Waals surface area contributed by atoms with Crippen LogP contribution in [0.1, 0.15) is 42.4 Å². The number of carbonyl (C=O) groups is 1. The first-order valence-electron chi connectivity index (χ1n) is 8.60. The fourth-order valence-corrected chi connectivity index (χ4v) is 3.30. The molecule has 0 unspecified atom stereocenters. The highest BCUT2D eigenvalue weighted by Gasteiger charge is 2.37. The van der Waals surface area contributed by atoms with Crippen LogP contribution in [-0.2, 0) is 22.3 Å². The van der Waals surface area contributed by atoms with E-state index < -0.39 is 8.32 Å². The molecule has 25 heavy (non-hydrogen) atoms. The van der Waals surface area contributed by atoms with Crippen LogP contribution in [-0.4, -0.2) is 26.0 Å². The molecule has 2 rings (SSSR count). The Hall–Kier alpha value is -1.85. The largest absolute Gasteiger partial charge is 0.464 e. The lowest BCUT2D eigenvalue weighted by atomic mass is 10.1. The minimum Gasteiger partial charge on any atom is -0.464 e. The van der Waals surface area contributed by atoms with Gasteiger partial charge in [0.05, 0.1) is 13.7 Å². The predicted octanol–water partition coefficient (Wildman–Crippen LogP) is 4.84. The molecule has 5 heteroatoms. The summed E-state index contributed by atoms with van der Waals surface area (Å²) in [6.07, 6.45) is 1.90. The van der Waals surface area contributed by atoms with Crippen LogP contribution in [0.25, 0.3) is 0 Å². The topological polar surface area (TPSA) is 40.5 Å². The van der Waals surface area contributed by atoms with Gasteiger partial charge in [0, 0.05) is 12.7 Å². The lowest BCUT2D eigenvalue weighted by molar-refractivity contribution is 0.0589. The second-order valence-corrected chi connectivity index (χ2v) is 12.6. The highest BCUT2D eigenvalue weighted by Crippen LogP contribution is 2.37. The molecule has 1 aromatic heterocycles. The van der Waals surface area contributed by atoms with E-state index in [-0.39, 0.29) is 11.0 Å². The molecule has 0 spiro atoms. The highest BCUT2D eigenvalue weighted by atomic mass is 28.4. The van der Waals surface area contributed by atoms with Gasteiger partial charge in [-0.1, -0.05) is 45.0 Å². The van der Waals surface area contributed by atoms with Gasteiger partial charge in [0.1, 0.15) is 5.69 Å². The van der Waals surface area contributed by atoms with E-state index in [0.717, 1.165) is 11.1 Å². The summed E-state index contributed by atoms with van der Waals surface area (Å²) in [6, 6.07) is 11.9. The number of carbonyl (C=O) groups excluding carboxylic acids is 1. The van der Waals surface area contributed by atoms with Crippen molar-refractivity contribution in [3.05, 3.63) is 59.4 Å². The van der Waals surface area contributed by atoms with Gasteiger partial charge in [-0.2, -0.15) is 0 Å². The Balaban J connectivity index is 2.19. The van der Waals surface area contributed by atoms with E-state index in [1.54, 1.807) is 6.07 Å². The van der Waals surface area contributed by atoms with Crippen LogP contribution < -0.4 is 0 Å². The molecule has 0 radical (unpaired) electrons. The van der Waals surface area contributed by atoms with Crippen LogP contribution in [0.3, 0.4) is 0 Å². The number of aromatic nitrogens is 1. The quantitative estimate of drug-likeness (QED) is 0.547. The molecule has 1 heterocycles.